The average Bonchev–Trinajstić information content (AvgIpc) is 3.50. The van der Waals surface area contributed by atoms with E-state index in [4.69, 9.17) is 21.4 Å². The molecule has 12 heteroatoms. The second kappa shape index (κ2) is 11.4. The monoisotopic (exact) mass is 558 g/mol. The Bertz CT molecular complexity index is 1600. The Morgan fingerprint density at radius 2 is 1.90 bits per heavy atom. The number of nitrogens with zero attached hydrogens (tertiary/aromatic N) is 5. The summed E-state index contributed by atoms with van der Waals surface area (Å²) >= 11 is 6.21. The van der Waals surface area contributed by atoms with Crippen LogP contribution in [0.2, 0.25) is 5.02 Å². The molecule has 4 aromatic rings. The first-order valence-corrected chi connectivity index (χ1v) is 12.5. The number of fused-ring (bicyclic) bond motifs is 1. The molecule has 0 aliphatic carbocycles. The minimum Gasteiger partial charge on any atom is -0.497 e. The highest BCUT2D eigenvalue weighted by Gasteiger charge is 2.35. The summed E-state index contributed by atoms with van der Waals surface area (Å²) in [4.78, 5) is 39.9. The number of hydrogen-bond acceptors (Lipinski definition) is 7. The van der Waals surface area contributed by atoms with E-state index in [2.05, 4.69) is 20.8 Å². The standard InChI is InChI=1S/C28H23ClN6O5/c1-40-22-8-9-23-18(15-22)12-13-34(26(23)27(37)31-21-6-2-17(3-7-21)28(38)39)25(36)11-4-19-14-20(29)5-10-24(19)35-16-30-32-33-35/h2-11,14-16,26H,12-13H2,1H3,(H,31,37)(H,38,39). The van der Waals surface area contributed by atoms with Crippen LogP contribution in [0.1, 0.15) is 33.1 Å². The van der Waals surface area contributed by atoms with Crippen molar-refractivity contribution in [2.24, 2.45) is 0 Å². The molecule has 1 atom stereocenters. The van der Waals surface area contributed by atoms with Gasteiger partial charge in [0, 0.05) is 28.9 Å². The molecule has 1 aliphatic rings. The number of tetrazole rings is 1. The third-order valence-electron chi connectivity index (χ3n) is 6.50. The van der Waals surface area contributed by atoms with E-state index in [-0.39, 0.29) is 18.0 Å². The van der Waals surface area contributed by atoms with Crippen molar-refractivity contribution in [3.05, 3.63) is 100 Å². The molecule has 0 spiro atoms. The Hall–Kier alpha value is -5.03. The zero-order chi connectivity index (χ0) is 28.2. The summed E-state index contributed by atoms with van der Waals surface area (Å²) in [6, 6.07) is 15.4. The van der Waals surface area contributed by atoms with Crippen LogP contribution in [0, 0.1) is 0 Å². The van der Waals surface area contributed by atoms with Crippen molar-refractivity contribution in [2.45, 2.75) is 12.5 Å². The van der Waals surface area contributed by atoms with Crippen LogP contribution in [0.5, 0.6) is 5.75 Å². The van der Waals surface area contributed by atoms with Gasteiger partial charge in [-0.25, -0.2) is 4.79 Å². The second-order valence-corrected chi connectivity index (χ2v) is 9.35. The maximum Gasteiger partial charge on any atom is 0.335 e. The Labute approximate surface area is 233 Å². The zero-order valence-corrected chi connectivity index (χ0v) is 21.9. The summed E-state index contributed by atoms with van der Waals surface area (Å²) in [6.07, 6.45) is 4.95. The SMILES string of the molecule is COc1ccc2c(c1)CCN(C(=O)C=Cc1cc(Cl)ccc1-n1cnnn1)C2C(=O)Nc1ccc(C(=O)O)cc1. The normalized spacial score (nSPS) is 14.6. The van der Waals surface area contributed by atoms with Gasteiger partial charge < -0.3 is 20.1 Å². The zero-order valence-electron chi connectivity index (χ0n) is 21.2. The minimum absolute atomic E-state index is 0.0945. The van der Waals surface area contributed by atoms with Crippen molar-refractivity contribution in [3.63, 3.8) is 0 Å². The van der Waals surface area contributed by atoms with Gasteiger partial charge in [-0.3, -0.25) is 9.59 Å². The number of benzene rings is 3. The topological polar surface area (TPSA) is 140 Å². The Balaban J connectivity index is 1.46. The molecule has 5 rings (SSSR count). The fraction of sp³-hybridized carbons (Fsp3) is 0.143. The smallest absolute Gasteiger partial charge is 0.335 e. The molecule has 2 amide bonds. The predicted octanol–water partition coefficient (Wildman–Crippen LogP) is 3.80. The second-order valence-electron chi connectivity index (χ2n) is 8.91. The van der Waals surface area contributed by atoms with Gasteiger partial charge in [-0.2, -0.15) is 4.68 Å². The van der Waals surface area contributed by atoms with E-state index in [0.29, 0.717) is 39.7 Å². The summed E-state index contributed by atoms with van der Waals surface area (Å²) in [7, 11) is 1.57. The van der Waals surface area contributed by atoms with E-state index < -0.39 is 17.9 Å². The van der Waals surface area contributed by atoms with Gasteiger partial charge in [0.25, 0.3) is 5.91 Å². The molecule has 11 nitrogen and oxygen atoms in total. The number of rotatable bonds is 7. The number of aromatic nitrogens is 4. The molecule has 0 radical (unpaired) electrons. The van der Waals surface area contributed by atoms with Gasteiger partial charge in [0.2, 0.25) is 5.91 Å². The predicted molar refractivity (Wildman–Crippen MR) is 146 cm³/mol. The summed E-state index contributed by atoms with van der Waals surface area (Å²) in [5.41, 5.74) is 3.29. The molecule has 3 aromatic carbocycles. The lowest BCUT2D eigenvalue weighted by atomic mass is 9.91. The van der Waals surface area contributed by atoms with Crippen molar-refractivity contribution in [2.75, 3.05) is 19.0 Å². The molecule has 0 saturated heterocycles. The van der Waals surface area contributed by atoms with Gasteiger partial charge in [-0.1, -0.05) is 17.7 Å². The number of methoxy groups -OCH3 is 1. The van der Waals surface area contributed by atoms with Crippen LogP contribution in [-0.4, -0.2) is 61.7 Å². The number of carbonyl (C=O) groups excluding carboxylic acids is 2. The Kier molecular flexibility index (Phi) is 7.56. The minimum atomic E-state index is -1.07. The molecule has 2 heterocycles. The molecule has 202 valence electrons. The summed E-state index contributed by atoms with van der Waals surface area (Å²) in [5.74, 6) is -1.24. The molecular formula is C28H23ClN6O5. The Morgan fingerprint density at radius 3 is 2.60 bits per heavy atom. The van der Waals surface area contributed by atoms with E-state index in [1.54, 1.807) is 43.5 Å². The van der Waals surface area contributed by atoms with Crippen molar-refractivity contribution in [1.82, 2.24) is 25.1 Å². The van der Waals surface area contributed by atoms with Crippen molar-refractivity contribution in [1.29, 1.82) is 0 Å². The van der Waals surface area contributed by atoms with Gasteiger partial charge in [0.1, 0.15) is 18.1 Å². The van der Waals surface area contributed by atoms with Crippen LogP contribution < -0.4 is 10.1 Å². The lowest BCUT2D eigenvalue weighted by molar-refractivity contribution is -0.135. The van der Waals surface area contributed by atoms with Crippen molar-refractivity contribution >= 4 is 41.1 Å². The number of halogens is 1. The van der Waals surface area contributed by atoms with E-state index in [1.165, 1.54) is 46.3 Å². The molecule has 2 N–H and O–H groups in total. The first kappa shape index (κ1) is 26.6. The molecular weight excluding hydrogens is 536 g/mol. The first-order valence-electron chi connectivity index (χ1n) is 12.2. The third-order valence-corrected chi connectivity index (χ3v) is 6.74. The van der Waals surface area contributed by atoms with Crippen LogP contribution in [0.15, 0.2) is 73.1 Å². The van der Waals surface area contributed by atoms with Crippen LogP contribution in [-0.2, 0) is 16.0 Å². The number of ether oxygens (including phenoxy) is 1. The van der Waals surface area contributed by atoms with Crippen LogP contribution in [0.25, 0.3) is 11.8 Å². The summed E-state index contributed by atoms with van der Waals surface area (Å²) in [5, 5.41) is 23.7. The van der Waals surface area contributed by atoms with Gasteiger partial charge in [0.15, 0.2) is 0 Å². The summed E-state index contributed by atoms with van der Waals surface area (Å²) in [6.45, 7) is 0.286. The number of nitrogens with one attached hydrogen (secondary N) is 1. The highest BCUT2D eigenvalue weighted by Crippen LogP contribution is 2.34. The summed E-state index contributed by atoms with van der Waals surface area (Å²) < 4.78 is 6.80. The lowest BCUT2D eigenvalue weighted by Crippen LogP contribution is -2.44. The van der Waals surface area contributed by atoms with Gasteiger partial charge in [-0.15, -0.1) is 5.10 Å². The number of carboxylic acid groups (broad SMARTS) is 1. The average molecular weight is 559 g/mol. The van der Waals surface area contributed by atoms with Gasteiger partial charge in [-0.05, 0) is 88.6 Å². The highest BCUT2D eigenvalue weighted by molar-refractivity contribution is 6.30. The third kappa shape index (κ3) is 5.54. The molecule has 40 heavy (non-hydrogen) atoms. The largest absolute Gasteiger partial charge is 0.497 e. The fourth-order valence-electron chi connectivity index (χ4n) is 4.55. The quantitative estimate of drug-likeness (QED) is 0.326. The molecule has 0 fully saturated rings. The van der Waals surface area contributed by atoms with Crippen LogP contribution in [0.3, 0.4) is 0 Å². The fourth-order valence-corrected chi connectivity index (χ4v) is 4.73. The van der Waals surface area contributed by atoms with Crippen LogP contribution in [0.4, 0.5) is 5.69 Å². The number of amides is 2. The Morgan fingerprint density at radius 1 is 1.10 bits per heavy atom. The number of aromatic carboxylic acids is 1. The van der Waals surface area contributed by atoms with Gasteiger partial charge in [0.05, 0.1) is 18.4 Å². The number of carboxylic acids is 1. The molecule has 1 aliphatic heterocycles. The van der Waals surface area contributed by atoms with E-state index in [9.17, 15) is 14.4 Å². The molecule has 1 unspecified atom stereocenters. The van der Waals surface area contributed by atoms with Crippen LogP contribution >= 0.6 is 11.6 Å². The van der Waals surface area contributed by atoms with E-state index in [1.807, 2.05) is 6.07 Å². The maximum absolute atomic E-state index is 13.6. The number of carbonyl (C=O) groups is 3. The first-order chi connectivity index (χ1) is 19.3. The highest BCUT2D eigenvalue weighted by atomic mass is 35.5. The lowest BCUT2D eigenvalue weighted by Gasteiger charge is -2.36. The van der Waals surface area contributed by atoms with Crippen molar-refractivity contribution in [3.8, 4) is 11.4 Å². The number of hydrogen-bond donors (Lipinski definition) is 2. The van der Waals surface area contributed by atoms with Gasteiger partial charge >= 0.3 is 5.97 Å². The molecule has 1 aromatic heterocycles. The number of anilines is 1. The molecule has 0 bridgehead atoms. The molecule has 0 saturated carbocycles. The van der Waals surface area contributed by atoms with Crippen molar-refractivity contribution < 1.29 is 24.2 Å². The maximum atomic E-state index is 13.6. The van der Waals surface area contributed by atoms with E-state index in [0.717, 1.165) is 5.56 Å². The van der Waals surface area contributed by atoms with E-state index >= 15 is 0 Å².